The van der Waals surface area contributed by atoms with Crippen molar-refractivity contribution in [3.8, 4) is 11.5 Å². The van der Waals surface area contributed by atoms with Crippen LogP contribution >= 0.6 is 0 Å². The minimum absolute atomic E-state index is 0.0258. The predicted molar refractivity (Wildman–Crippen MR) is 103 cm³/mol. The van der Waals surface area contributed by atoms with E-state index in [1.54, 1.807) is 12.1 Å². The van der Waals surface area contributed by atoms with Crippen molar-refractivity contribution in [3.63, 3.8) is 0 Å². The van der Waals surface area contributed by atoms with Gasteiger partial charge in [-0.15, -0.1) is 0 Å². The maximum absolute atomic E-state index is 12.9. The molecule has 0 unspecified atom stereocenters. The second kappa shape index (κ2) is 7.83. The van der Waals surface area contributed by atoms with E-state index in [1.807, 2.05) is 17.0 Å². The van der Waals surface area contributed by atoms with Crippen LogP contribution in [-0.4, -0.2) is 42.2 Å². The van der Waals surface area contributed by atoms with E-state index >= 15 is 0 Å². The van der Waals surface area contributed by atoms with Gasteiger partial charge in [0.1, 0.15) is 18.1 Å². The van der Waals surface area contributed by atoms with E-state index in [9.17, 15) is 18.0 Å². The number of piperidine rings is 1. The Kier molecular flexibility index (Phi) is 5.36. The van der Waals surface area contributed by atoms with Crippen molar-refractivity contribution in [1.29, 1.82) is 0 Å². The van der Waals surface area contributed by atoms with Crippen LogP contribution in [0, 0.1) is 0 Å². The van der Waals surface area contributed by atoms with Gasteiger partial charge in [-0.05, 0) is 49.7 Å². The van der Waals surface area contributed by atoms with Crippen molar-refractivity contribution < 1.29 is 32.5 Å². The highest BCUT2D eigenvalue weighted by molar-refractivity contribution is 5.69. The number of likely N-dealkylation sites (tertiary alicyclic amines) is 1. The predicted octanol–water partition coefficient (Wildman–Crippen LogP) is 4.10. The van der Waals surface area contributed by atoms with Gasteiger partial charge in [0.25, 0.3) is 0 Å². The van der Waals surface area contributed by atoms with Crippen molar-refractivity contribution >= 4 is 5.97 Å². The van der Waals surface area contributed by atoms with Crippen LogP contribution in [0.15, 0.2) is 42.5 Å². The van der Waals surface area contributed by atoms with E-state index in [0.29, 0.717) is 31.0 Å². The zero-order chi connectivity index (χ0) is 21.4. The normalized spacial score (nSPS) is 18.1. The molecule has 0 atom stereocenters. The lowest BCUT2D eigenvalue weighted by Gasteiger charge is -2.37. The number of carboxylic acid groups (broad SMARTS) is 1. The second-order valence-electron chi connectivity index (χ2n) is 7.88. The third kappa shape index (κ3) is 4.23. The van der Waals surface area contributed by atoms with Gasteiger partial charge in [0.15, 0.2) is 0 Å². The van der Waals surface area contributed by atoms with Gasteiger partial charge in [0.2, 0.25) is 0 Å². The van der Waals surface area contributed by atoms with Crippen LogP contribution in [0.1, 0.15) is 29.5 Å². The molecule has 2 heterocycles. The first-order valence-electron chi connectivity index (χ1n) is 9.76. The Bertz CT molecular complexity index is 936. The Hall–Kier alpha value is -2.74. The van der Waals surface area contributed by atoms with Crippen molar-refractivity contribution in [3.05, 3.63) is 59.2 Å². The number of carboxylic acids is 1. The van der Waals surface area contributed by atoms with Crippen molar-refractivity contribution in [2.75, 3.05) is 26.2 Å². The van der Waals surface area contributed by atoms with E-state index in [-0.39, 0.29) is 18.6 Å². The van der Waals surface area contributed by atoms with E-state index in [0.717, 1.165) is 36.3 Å². The van der Waals surface area contributed by atoms with Gasteiger partial charge in [0.05, 0.1) is 18.7 Å². The van der Waals surface area contributed by atoms with Crippen LogP contribution in [0.25, 0.3) is 0 Å². The second-order valence-corrected chi connectivity index (χ2v) is 7.88. The fraction of sp³-hybridized carbons (Fsp3) is 0.409. The molecule has 2 aliphatic rings. The SMILES string of the molecule is O=C(O)CN1CCC2(CC1)COc1cc(OCc3cccc(C(F)(F)F)c3)ccc12. The molecule has 1 spiro atoms. The molecule has 1 saturated heterocycles. The fourth-order valence-electron chi connectivity index (χ4n) is 4.19. The first-order chi connectivity index (χ1) is 14.2. The minimum Gasteiger partial charge on any atom is -0.492 e. The molecule has 5 nitrogen and oxygen atoms in total. The monoisotopic (exact) mass is 421 g/mol. The molecule has 30 heavy (non-hydrogen) atoms. The van der Waals surface area contributed by atoms with E-state index in [4.69, 9.17) is 14.6 Å². The maximum Gasteiger partial charge on any atom is 0.416 e. The van der Waals surface area contributed by atoms with Crippen LogP contribution in [0.2, 0.25) is 0 Å². The Morgan fingerprint density at radius 1 is 1.17 bits per heavy atom. The van der Waals surface area contributed by atoms with Crippen molar-refractivity contribution in [2.24, 2.45) is 0 Å². The fourth-order valence-corrected chi connectivity index (χ4v) is 4.19. The molecular weight excluding hydrogens is 399 g/mol. The van der Waals surface area contributed by atoms with Crippen LogP contribution in [0.5, 0.6) is 11.5 Å². The van der Waals surface area contributed by atoms with Gasteiger partial charge in [-0.1, -0.05) is 18.2 Å². The molecule has 2 aromatic rings. The zero-order valence-corrected chi connectivity index (χ0v) is 16.2. The lowest BCUT2D eigenvalue weighted by atomic mass is 9.74. The highest BCUT2D eigenvalue weighted by atomic mass is 19.4. The number of hydrogen-bond acceptors (Lipinski definition) is 4. The zero-order valence-electron chi connectivity index (χ0n) is 16.2. The van der Waals surface area contributed by atoms with Gasteiger partial charge in [-0.2, -0.15) is 13.2 Å². The quantitative estimate of drug-likeness (QED) is 0.788. The highest BCUT2D eigenvalue weighted by Crippen LogP contribution is 2.46. The van der Waals surface area contributed by atoms with Gasteiger partial charge >= 0.3 is 12.1 Å². The Morgan fingerprint density at radius 3 is 2.63 bits per heavy atom. The molecule has 160 valence electrons. The summed E-state index contributed by atoms with van der Waals surface area (Å²) < 4.78 is 50.2. The molecule has 8 heteroatoms. The average molecular weight is 421 g/mol. The number of hydrogen-bond donors (Lipinski definition) is 1. The summed E-state index contributed by atoms with van der Waals surface area (Å²) in [5, 5.41) is 8.96. The van der Waals surface area contributed by atoms with Gasteiger partial charge < -0.3 is 14.6 Å². The number of benzene rings is 2. The molecule has 0 aromatic heterocycles. The summed E-state index contributed by atoms with van der Waals surface area (Å²) >= 11 is 0. The number of alkyl halides is 3. The molecule has 1 N–H and O–H groups in total. The number of nitrogens with zero attached hydrogens (tertiary/aromatic N) is 1. The molecule has 4 rings (SSSR count). The summed E-state index contributed by atoms with van der Waals surface area (Å²) in [6.07, 6.45) is -2.75. The third-order valence-corrected chi connectivity index (χ3v) is 5.86. The maximum atomic E-state index is 12.9. The topological polar surface area (TPSA) is 59.0 Å². The molecular formula is C22H22F3NO4. The Labute approximate surface area is 172 Å². The molecule has 0 amide bonds. The largest absolute Gasteiger partial charge is 0.492 e. The molecule has 2 aromatic carbocycles. The number of aliphatic carboxylic acids is 1. The smallest absolute Gasteiger partial charge is 0.416 e. The first kappa shape index (κ1) is 20.5. The van der Waals surface area contributed by atoms with Crippen LogP contribution in [-0.2, 0) is 23.0 Å². The average Bonchev–Trinajstić information content (AvgIpc) is 3.05. The van der Waals surface area contributed by atoms with E-state index in [1.165, 1.54) is 6.07 Å². The lowest BCUT2D eigenvalue weighted by molar-refractivity contribution is -0.139. The highest BCUT2D eigenvalue weighted by Gasteiger charge is 2.43. The first-order valence-corrected chi connectivity index (χ1v) is 9.76. The molecule has 1 fully saturated rings. The molecule has 0 saturated carbocycles. The number of carbonyl (C=O) groups is 1. The summed E-state index contributed by atoms with van der Waals surface area (Å²) in [6.45, 7) is 2.01. The minimum atomic E-state index is -4.38. The summed E-state index contributed by atoms with van der Waals surface area (Å²) in [7, 11) is 0. The number of fused-ring (bicyclic) bond motifs is 2. The third-order valence-electron chi connectivity index (χ3n) is 5.86. The van der Waals surface area contributed by atoms with Crippen molar-refractivity contribution in [1.82, 2.24) is 4.90 Å². The molecule has 0 bridgehead atoms. The Morgan fingerprint density at radius 2 is 1.93 bits per heavy atom. The number of ether oxygens (including phenoxy) is 2. The molecule has 2 aliphatic heterocycles. The molecule has 0 aliphatic carbocycles. The van der Waals surface area contributed by atoms with E-state index in [2.05, 4.69) is 0 Å². The van der Waals surface area contributed by atoms with Gasteiger partial charge in [0, 0.05) is 17.0 Å². The summed E-state index contributed by atoms with van der Waals surface area (Å²) in [4.78, 5) is 12.8. The summed E-state index contributed by atoms with van der Waals surface area (Å²) in [5.74, 6) is 0.436. The van der Waals surface area contributed by atoms with Crippen LogP contribution < -0.4 is 9.47 Å². The number of rotatable bonds is 5. The summed E-state index contributed by atoms with van der Waals surface area (Å²) in [5.41, 5.74) is 0.707. The van der Waals surface area contributed by atoms with Gasteiger partial charge in [-0.25, -0.2) is 0 Å². The standard InChI is InChI=1S/C22H22F3NO4/c23-22(24,25)16-3-1-2-15(10-16)13-29-17-4-5-18-19(11-17)30-14-21(18)6-8-26(9-7-21)12-20(27)28/h1-5,10-11H,6-9,12-14H2,(H,27,28). The molecule has 0 radical (unpaired) electrons. The van der Waals surface area contributed by atoms with Gasteiger partial charge in [-0.3, -0.25) is 9.69 Å². The Balaban J connectivity index is 1.42. The van der Waals surface area contributed by atoms with Crippen LogP contribution in [0.4, 0.5) is 13.2 Å². The van der Waals surface area contributed by atoms with Crippen LogP contribution in [0.3, 0.4) is 0 Å². The summed E-state index contributed by atoms with van der Waals surface area (Å²) in [6, 6.07) is 10.6. The van der Waals surface area contributed by atoms with E-state index < -0.39 is 17.7 Å². The number of halogens is 3. The van der Waals surface area contributed by atoms with Crippen molar-refractivity contribution in [2.45, 2.75) is 31.0 Å². The lowest BCUT2D eigenvalue weighted by Crippen LogP contribution is -2.45.